The van der Waals surface area contributed by atoms with E-state index < -0.39 is 80.2 Å². The third kappa shape index (κ3) is 32.6. The van der Waals surface area contributed by atoms with Crippen molar-refractivity contribution in [3.63, 3.8) is 0 Å². The van der Waals surface area contributed by atoms with E-state index in [0.717, 1.165) is 9.80 Å². The molecular weight excluding hydrogens is 538 g/mol. The van der Waals surface area contributed by atoms with Crippen molar-refractivity contribution in [2.75, 3.05) is 39.3 Å². The molecule has 2 unspecified atom stereocenters. The largest absolute Gasteiger partial charge is 1.00 e. The third-order valence-electron chi connectivity index (χ3n) is 2.95. The molecule has 0 bridgehead atoms. The van der Waals surface area contributed by atoms with E-state index in [4.69, 9.17) is 35.4 Å². The van der Waals surface area contributed by atoms with Gasteiger partial charge in [-0.2, -0.15) is 0 Å². The number of amides is 2. The number of carbonyl (C=O) groups excluding carboxylic acids is 3. The zero-order valence-corrected chi connectivity index (χ0v) is 24.4. The molecule has 0 aliphatic heterocycles. The summed E-state index contributed by atoms with van der Waals surface area (Å²) in [6.07, 6.45) is -4.88. The van der Waals surface area contributed by atoms with Crippen molar-refractivity contribution in [2.45, 2.75) is 12.2 Å². The number of primary amides is 2. The number of nitrogens with zero attached hydrogens (tertiary/aromatic N) is 2. The predicted molar refractivity (Wildman–Crippen MR) is 99.2 cm³/mol. The Kier molecular flexibility index (Phi) is 31.2. The molecule has 0 saturated carbocycles. The van der Waals surface area contributed by atoms with Gasteiger partial charge in [0, 0.05) is 13.1 Å². The molecule has 196 valence electrons. The Morgan fingerprint density at radius 2 is 0.778 bits per heavy atom. The second-order valence-corrected chi connectivity index (χ2v) is 5.93. The number of nitrogens with two attached hydrogens (primary N) is 2. The van der Waals surface area contributed by atoms with Crippen molar-refractivity contribution in [3.8, 4) is 0 Å². The molecule has 2 atom stereocenters. The summed E-state index contributed by atoms with van der Waals surface area (Å²) in [6, 6.07) is -0.833. The number of urea groups is 1. The number of rotatable bonds is 14. The molecule has 36 heavy (non-hydrogen) atoms. The fourth-order valence-electron chi connectivity index (χ4n) is 1.73. The Bertz CT molecular complexity index is 652. The molecule has 19 nitrogen and oxygen atoms in total. The molecule has 0 heterocycles. The van der Waals surface area contributed by atoms with Gasteiger partial charge < -0.3 is 61.9 Å². The van der Waals surface area contributed by atoms with E-state index >= 15 is 0 Å². The van der Waals surface area contributed by atoms with E-state index in [9.17, 15) is 39.0 Å². The number of hydrogen-bond donors (Lipinski definition) is 8. The summed E-state index contributed by atoms with van der Waals surface area (Å²) >= 11 is 0. The van der Waals surface area contributed by atoms with Crippen LogP contribution >= 0.6 is 0 Å². The summed E-state index contributed by atoms with van der Waals surface area (Å²) in [5.74, 6) is -9.03. The Morgan fingerprint density at radius 3 is 0.889 bits per heavy atom. The van der Waals surface area contributed by atoms with Gasteiger partial charge in [-0.25, -0.2) is 4.79 Å². The van der Waals surface area contributed by atoms with Crippen LogP contribution in [0.15, 0.2) is 0 Å². The van der Waals surface area contributed by atoms with Crippen LogP contribution in [0.25, 0.3) is 0 Å². The molecule has 0 aliphatic rings. The number of carbonyl (C=O) groups is 7. The van der Waals surface area contributed by atoms with E-state index in [1.165, 1.54) is 0 Å². The molecule has 0 rings (SSSR count). The number of carboxylic acids is 6. The fourth-order valence-corrected chi connectivity index (χ4v) is 1.73. The maximum atomic E-state index is 10.6. The second-order valence-electron chi connectivity index (χ2n) is 5.93. The van der Waals surface area contributed by atoms with Crippen molar-refractivity contribution in [3.05, 3.63) is 0 Å². The molecule has 21 heteroatoms. The monoisotopic (exact) mass is 562 g/mol. The van der Waals surface area contributed by atoms with Crippen molar-refractivity contribution in [1.29, 1.82) is 0 Å². The van der Waals surface area contributed by atoms with Gasteiger partial charge in [-0.3, -0.25) is 29.0 Å². The molecule has 0 aromatic heterocycles. The SMILES string of the molecule is NC(N)=O.O=C(O)CN(CCN(CC(=O)O)CC(=O)O)CC(=O)O.O=C([O-])C(O)C(O)C(=O)[O-].[K+].[Na+]. The van der Waals surface area contributed by atoms with Gasteiger partial charge >= 0.3 is 111 Å². The number of hydrogen-bond acceptors (Lipinski definition) is 13. The van der Waals surface area contributed by atoms with Gasteiger partial charge in [0.05, 0.1) is 38.1 Å². The summed E-state index contributed by atoms with van der Waals surface area (Å²) < 4.78 is 0. The van der Waals surface area contributed by atoms with Crippen molar-refractivity contribution < 1.29 is 155 Å². The molecule has 0 saturated heterocycles. The topological polar surface area (TPSA) is 346 Å². The molecule has 0 aromatic carbocycles. The van der Waals surface area contributed by atoms with E-state index in [0.29, 0.717) is 0 Å². The van der Waals surface area contributed by atoms with Gasteiger partial charge in [0.15, 0.2) is 0 Å². The minimum Gasteiger partial charge on any atom is -0.547 e. The van der Waals surface area contributed by atoms with Gasteiger partial charge in [0.25, 0.3) is 0 Å². The minimum absolute atomic E-state index is 0. The van der Waals surface area contributed by atoms with Crippen LogP contribution in [-0.2, 0) is 28.8 Å². The average molecular weight is 562 g/mol. The minimum atomic E-state index is -2.44. The van der Waals surface area contributed by atoms with Crippen molar-refractivity contribution >= 4 is 41.8 Å². The van der Waals surface area contributed by atoms with Crippen LogP contribution < -0.4 is 103 Å². The molecule has 0 fully saturated rings. The first-order valence-corrected chi connectivity index (χ1v) is 8.55. The fraction of sp³-hybridized carbons (Fsp3) is 0.533. The Labute approximate surface area is 267 Å². The quantitative estimate of drug-likeness (QED) is 0.0910. The Morgan fingerprint density at radius 1 is 0.611 bits per heavy atom. The van der Waals surface area contributed by atoms with E-state index in [-0.39, 0.29) is 94.0 Å². The maximum absolute atomic E-state index is 10.6. The molecule has 10 N–H and O–H groups in total. The van der Waals surface area contributed by atoms with Crippen LogP contribution in [-0.4, -0.2) is 134 Å². The van der Waals surface area contributed by atoms with Gasteiger partial charge in [-0.15, -0.1) is 0 Å². The first kappa shape index (κ1) is 44.6. The predicted octanol–water partition coefficient (Wildman–Crippen LogP) is -13.8. The van der Waals surface area contributed by atoms with Gasteiger partial charge in [0.2, 0.25) is 0 Å². The normalized spacial score (nSPS) is 11.0. The third-order valence-corrected chi connectivity index (χ3v) is 2.95. The zero-order chi connectivity index (χ0) is 27.6. The van der Waals surface area contributed by atoms with Crippen LogP contribution in [0.3, 0.4) is 0 Å². The molecule has 2 amide bonds. The molecule has 0 radical (unpaired) electrons. The Hall–Kier alpha value is -1.43. The molecule has 0 spiro atoms. The van der Waals surface area contributed by atoms with Gasteiger partial charge in [-0.1, -0.05) is 0 Å². The Balaban J connectivity index is -0.000000168. The average Bonchev–Trinajstić information content (AvgIpc) is 2.62. The summed E-state index contributed by atoms with van der Waals surface area (Å²) in [4.78, 5) is 72.6. The summed E-state index contributed by atoms with van der Waals surface area (Å²) in [5, 5.41) is 70.2. The standard InChI is InChI=1S/C10H16N2O8.C4H6O6.CH4N2O.K.Na/c13-7(14)3-11(4-8(15)16)1-2-12(5-9(17)18)6-10(19)20;5-1(3(7)8)2(6)4(9)10;2-1(3)4;;/h1-6H2,(H,13,14)(H,15,16)(H,17,18)(H,19,20);1-2,5-6H,(H,7,8)(H,9,10);(H4,2,3,4);;/q;;;2*+1/p-2. The number of aliphatic carboxylic acids is 6. The smallest absolute Gasteiger partial charge is 0.547 e. The summed E-state index contributed by atoms with van der Waals surface area (Å²) in [7, 11) is 0. The van der Waals surface area contributed by atoms with Crippen LogP contribution in [0.5, 0.6) is 0 Å². The van der Waals surface area contributed by atoms with Crippen molar-refractivity contribution in [2.24, 2.45) is 11.5 Å². The summed E-state index contributed by atoms with van der Waals surface area (Å²) in [6.45, 7) is -2.25. The molecular formula is C15H24KN4NaO15. The van der Waals surface area contributed by atoms with Crippen LogP contribution in [0.1, 0.15) is 0 Å². The van der Waals surface area contributed by atoms with Crippen LogP contribution in [0.2, 0.25) is 0 Å². The zero-order valence-electron chi connectivity index (χ0n) is 19.3. The maximum Gasteiger partial charge on any atom is 1.00 e. The first-order valence-electron chi connectivity index (χ1n) is 8.55. The van der Waals surface area contributed by atoms with Crippen LogP contribution in [0, 0.1) is 0 Å². The van der Waals surface area contributed by atoms with Crippen LogP contribution in [0.4, 0.5) is 4.79 Å². The second kappa shape index (κ2) is 25.2. The number of aliphatic hydroxyl groups is 2. The van der Waals surface area contributed by atoms with Gasteiger partial charge in [0.1, 0.15) is 12.2 Å². The molecule has 0 aromatic rings. The summed E-state index contributed by atoms with van der Waals surface area (Å²) in [5.41, 5.74) is 8.50. The number of carboxylic acid groups (broad SMARTS) is 6. The number of aliphatic hydroxyl groups excluding tert-OH is 2. The van der Waals surface area contributed by atoms with E-state index in [1.807, 2.05) is 0 Å². The first-order chi connectivity index (χ1) is 15.4. The van der Waals surface area contributed by atoms with E-state index in [1.54, 1.807) is 0 Å². The van der Waals surface area contributed by atoms with Gasteiger partial charge in [-0.05, 0) is 0 Å². The van der Waals surface area contributed by atoms with Crippen molar-refractivity contribution in [1.82, 2.24) is 9.80 Å². The van der Waals surface area contributed by atoms with E-state index in [2.05, 4.69) is 11.5 Å². The molecule has 0 aliphatic carbocycles.